The summed E-state index contributed by atoms with van der Waals surface area (Å²) in [7, 11) is 0. The second kappa shape index (κ2) is 10.2. The number of nitrogens with zero attached hydrogens (tertiary/aromatic N) is 2. The van der Waals surface area contributed by atoms with Gasteiger partial charge in [-0.05, 0) is 86.6 Å². The standard InChI is InChI=1S/C26H33Cl2N2O3PS/c1-6-29(7-2)18-9-11-24-23(14-18)32-25(31)30(19-8-10-21(27)22(28)13-19)34(24,35)33-20-12-17(3)15-26(4,5)16-20/h8-11,13-14,17,20H,6-7,12,15-16H2,1-5H3. The van der Waals surface area contributed by atoms with Gasteiger partial charge in [-0.2, -0.15) is 0 Å². The molecule has 0 aromatic heterocycles. The van der Waals surface area contributed by atoms with Crippen molar-refractivity contribution in [1.82, 2.24) is 0 Å². The second-order valence-corrected chi connectivity index (χ2v) is 14.7. The van der Waals surface area contributed by atoms with Crippen LogP contribution in [0.4, 0.5) is 16.2 Å². The Morgan fingerprint density at radius 1 is 1.14 bits per heavy atom. The molecule has 190 valence electrons. The molecule has 2 aromatic rings. The van der Waals surface area contributed by atoms with E-state index in [1.165, 1.54) is 4.67 Å². The van der Waals surface area contributed by atoms with Crippen LogP contribution in [0.2, 0.25) is 10.0 Å². The van der Waals surface area contributed by atoms with Crippen molar-refractivity contribution in [3.05, 3.63) is 46.4 Å². The fraction of sp³-hybridized carbons (Fsp3) is 0.500. The molecule has 1 saturated carbocycles. The van der Waals surface area contributed by atoms with Crippen molar-refractivity contribution in [3.63, 3.8) is 0 Å². The number of carbonyl (C=O) groups is 1. The smallest absolute Gasteiger partial charge is 0.409 e. The maximum atomic E-state index is 13.5. The van der Waals surface area contributed by atoms with Gasteiger partial charge in [0.25, 0.3) is 0 Å². The van der Waals surface area contributed by atoms with E-state index < -0.39 is 12.5 Å². The van der Waals surface area contributed by atoms with Crippen molar-refractivity contribution in [2.24, 2.45) is 11.3 Å². The summed E-state index contributed by atoms with van der Waals surface area (Å²) in [5.41, 5.74) is 1.64. The van der Waals surface area contributed by atoms with Crippen molar-refractivity contribution in [3.8, 4) is 5.75 Å². The first-order valence-corrected chi connectivity index (χ1v) is 15.6. The number of anilines is 2. The second-order valence-electron chi connectivity index (χ2n) is 10.3. The molecule has 3 unspecified atom stereocenters. The Morgan fingerprint density at radius 3 is 2.49 bits per heavy atom. The van der Waals surface area contributed by atoms with Crippen LogP contribution in [0.1, 0.15) is 53.9 Å². The van der Waals surface area contributed by atoms with Gasteiger partial charge >= 0.3 is 6.09 Å². The van der Waals surface area contributed by atoms with Crippen LogP contribution in [0, 0.1) is 11.3 Å². The molecule has 3 atom stereocenters. The summed E-state index contributed by atoms with van der Waals surface area (Å²) in [6, 6.07) is 11.0. The van der Waals surface area contributed by atoms with Crippen LogP contribution in [-0.2, 0) is 16.3 Å². The predicted molar refractivity (Wildman–Crippen MR) is 151 cm³/mol. The molecule has 1 aliphatic heterocycles. The van der Waals surface area contributed by atoms with Gasteiger partial charge in [-0.3, -0.25) is 0 Å². The largest absolute Gasteiger partial charge is 0.425 e. The number of rotatable bonds is 6. The summed E-state index contributed by atoms with van der Waals surface area (Å²) in [5.74, 6) is 0.979. The quantitative estimate of drug-likeness (QED) is 0.338. The summed E-state index contributed by atoms with van der Waals surface area (Å²) >= 11 is 18.8. The molecule has 35 heavy (non-hydrogen) atoms. The van der Waals surface area contributed by atoms with E-state index in [0.717, 1.165) is 43.3 Å². The van der Waals surface area contributed by atoms with E-state index in [1.807, 2.05) is 18.2 Å². The van der Waals surface area contributed by atoms with Gasteiger partial charge in [0.05, 0.1) is 27.1 Å². The summed E-state index contributed by atoms with van der Waals surface area (Å²) < 4.78 is 14.2. The molecule has 1 aliphatic carbocycles. The highest BCUT2D eigenvalue weighted by Gasteiger charge is 2.46. The molecule has 9 heteroatoms. The first-order chi connectivity index (χ1) is 16.5. The molecule has 0 saturated heterocycles. The van der Waals surface area contributed by atoms with E-state index in [-0.39, 0.29) is 11.5 Å². The average molecular weight is 556 g/mol. The Kier molecular flexibility index (Phi) is 7.81. The summed E-state index contributed by atoms with van der Waals surface area (Å²) in [6.45, 7) is 12.7. The predicted octanol–water partition coefficient (Wildman–Crippen LogP) is 8.02. The third kappa shape index (κ3) is 5.38. The van der Waals surface area contributed by atoms with Crippen LogP contribution < -0.4 is 19.6 Å². The molecule has 5 nitrogen and oxygen atoms in total. The summed E-state index contributed by atoms with van der Waals surface area (Å²) in [4.78, 5) is 15.7. The number of benzene rings is 2. The van der Waals surface area contributed by atoms with E-state index in [1.54, 1.807) is 18.2 Å². The van der Waals surface area contributed by atoms with Crippen LogP contribution in [0.5, 0.6) is 5.75 Å². The Morgan fingerprint density at radius 2 is 1.86 bits per heavy atom. The van der Waals surface area contributed by atoms with Crippen molar-refractivity contribution in [2.75, 3.05) is 22.7 Å². The number of hydrogen-bond donors (Lipinski definition) is 0. The molecule has 0 radical (unpaired) electrons. The van der Waals surface area contributed by atoms with Crippen LogP contribution in [0.3, 0.4) is 0 Å². The molecule has 4 rings (SSSR count). The lowest BCUT2D eigenvalue weighted by molar-refractivity contribution is 0.0645. The Labute approximate surface area is 223 Å². The van der Waals surface area contributed by atoms with Crippen LogP contribution in [0.15, 0.2) is 36.4 Å². The summed E-state index contributed by atoms with van der Waals surface area (Å²) in [6.07, 6.45) is -0.773. The third-order valence-corrected chi connectivity index (χ3v) is 11.4. The zero-order valence-corrected chi connectivity index (χ0v) is 24.1. The fourth-order valence-corrected chi connectivity index (χ4v) is 9.39. The molecule has 2 aliphatic rings. The van der Waals surface area contributed by atoms with Crippen LogP contribution in [0.25, 0.3) is 0 Å². The van der Waals surface area contributed by atoms with Crippen LogP contribution in [-0.4, -0.2) is 25.3 Å². The normalized spacial score (nSPS) is 25.7. The molecule has 1 amide bonds. The molecule has 1 heterocycles. The highest BCUT2D eigenvalue weighted by Crippen LogP contribution is 2.60. The Bertz CT molecular complexity index is 1170. The van der Waals surface area contributed by atoms with Crippen molar-refractivity contribution in [1.29, 1.82) is 0 Å². The minimum Gasteiger partial charge on any atom is -0.409 e. The highest BCUT2D eigenvalue weighted by atomic mass is 35.5. The zero-order valence-electron chi connectivity index (χ0n) is 20.9. The fourth-order valence-electron chi connectivity index (χ4n) is 5.47. The summed E-state index contributed by atoms with van der Waals surface area (Å²) in [5, 5.41) is 1.49. The molecule has 0 spiro atoms. The van der Waals surface area contributed by atoms with E-state index in [0.29, 0.717) is 27.4 Å². The van der Waals surface area contributed by atoms with E-state index in [2.05, 4.69) is 39.5 Å². The van der Waals surface area contributed by atoms with Gasteiger partial charge in [-0.15, -0.1) is 0 Å². The van der Waals surface area contributed by atoms with Gasteiger partial charge in [0.15, 0.2) is 6.42 Å². The zero-order chi connectivity index (χ0) is 25.5. The average Bonchev–Trinajstić information content (AvgIpc) is 2.75. The number of ether oxygens (including phenoxy) is 1. The van der Waals surface area contributed by atoms with Crippen molar-refractivity contribution in [2.45, 2.75) is 60.0 Å². The third-order valence-electron chi connectivity index (χ3n) is 6.80. The lowest BCUT2D eigenvalue weighted by Gasteiger charge is -2.44. The molecule has 2 aromatic carbocycles. The minimum absolute atomic E-state index is 0.0638. The molecule has 0 N–H and O–H groups in total. The number of fused-ring (bicyclic) bond motifs is 1. The topological polar surface area (TPSA) is 42.0 Å². The first kappa shape index (κ1) is 26.8. The highest BCUT2D eigenvalue weighted by molar-refractivity contribution is 8.17. The Balaban J connectivity index is 1.83. The first-order valence-electron chi connectivity index (χ1n) is 12.1. The van der Waals surface area contributed by atoms with Gasteiger partial charge in [0, 0.05) is 24.8 Å². The number of amides is 1. The maximum absolute atomic E-state index is 13.5. The molecular formula is C26H33Cl2N2O3PS. The molecule has 1 fully saturated rings. The lowest BCUT2D eigenvalue weighted by Crippen LogP contribution is -2.43. The van der Waals surface area contributed by atoms with E-state index in [9.17, 15) is 4.79 Å². The SMILES string of the molecule is CCN(CC)c1ccc2c(c1)OC(=O)N(c1ccc(Cl)c(Cl)c1)P2(=S)OC1CC(C)CC(C)(C)C1. The van der Waals surface area contributed by atoms with E-state index in [4.69, 9.17) is 44.3 Å². The van der Waals surface area contributed by atoms with Crippen molar-refractivity contribution < 1.29 is 14.1 Å². The van der Waals surface area contributed by atoms with E-state index >= 15 is 0 Å². The van der Waals surface area contributed by atoms with Crippen molar-refractivity contribution >= 4 is 64.2 Å². The lowest BCUT2D eigenvalue weighted by atomic mass is 9.72. The molecule has 0 bridgehead atoms. The Hall–Kier alpha value is -1.30. The minimum atomic E-state index is -3.07. The van der Waals surface area contributed by atoms with Gasteiger partial charge < -0.3 is 14.2 Å². The van der Waals surface area contributed by atoms with Gasteiger partial charge in [0.2, 0.25) is 0 Å². The number of carbonyl (C=O) groups excluding carboxylic acids is 1. The van der Waals surface area contributed by atoms with Crippen LogP contribution >= 0.6 is 29.6 Å². The van der Waals surface area contributed by atoms with Gasteiger partial charge in [-0.25, -0.2) is 9.46 Å². The number of hydrogen-bond acceptors (Lipinski definition) is 5. The monoisotopic (exact) mass is 554 g/mol. The maximum Gasteiger partial charge on any atom is 0.425 e. The molecular weight excluding hydrogens is 522 g/mol. The van der Waals surface area contributed by atoms with Gasteiger partial charge in [0.1, 0.15) is 5.75 Å². The number of halogens is 2. The van der Waals surface area contributed by atoms with Gasteiger partial charge in [-0.1, -0.05) is 44.0 Å².